The van der Waals surface area contributed by atoms with Crippen LogP contribution in [0.5, 0.6) is 0 Å². The van der Waals surface area contributed by atoms with E-state index >= 15 is 0 Å². The van der Waals surface area contributed by atoms with Crippen LogP contribution >= 0.6 is 0 Å². The van der Waals surface area contributed by atoms with Crippen LogP contribution in [-0.2, 0) is 9.53 Å². The number of hydrogen-bond acceptors (Lipinski definition) is 3. The quantitative estimate of drug-likeness (QED) is 0.543. The zero-order chi connectivity index (χ0) is 11.2. The maximum Gasteiger partial charge on any atom is 0.307 e. The fourth-order valence-corrected chi connectivity index (χ4v) is 0.806. The summed E-state index contributed by atoms with van der Waals surface area (Å²) in [6.45, 7) is 10.3. The molecule has 0 spiro atoms. The number of carbonyl (C=O) groups excluding carboxylic acids is 1. The van der Waals surface area contributed by atoms with E-state index in [1.807, 2.05) is 0 Å². The SMILES string of the molecule is C=CC(N)CC(=O)OCCC(C)(C)C. The van der Waals surface area contributed by atoms with Gasteiger partial charge < -0.3 is 10.5 Å². The minimum atomic E-state index is -0.294. The van der Waals surface area contributed by atoms with Crippen molar-refractivity contribution in [1.82, 2.24) is 0 Å². The maximum atomic E-state index is 11.1. The third-order valence-electron chi connectivity index (χ3n) is 1.82. The molecule has 0 aliphatic rings. The Kier molecular flexibility index (Phi) is 5.46. The van der Waals surface area contributed by atoms with Crippen molar-refractivity contribution < 1.29 is 9.53 Å². The molecular formula is C11H21NO2. The van der Waals surface area contributed by atoms with Crippen LogP contribution in [-0.4, -0.2) is 18.6 Å². The van der Waals surface area contributed by atoms with Gasteiger partial charge in [-0.2, -0.15) is 0 Å². The predicted octanol–water partition coefficient (Wildman–Crippen LogP) is 1.87. The summed E-state index contributed by atoms with van der Waals surface area (Å²) >= 11 is 0. The van der Waals surface area contributed by atoms with Gasteiger partial charge in [0.05, 0.1) is 13.0 Å². The summed E-state index contributed by atoms with van der Waals surface area (Å²) in [7, 11) is 0. The molecule has 0 rings (SSSR count). The van der Waals surface area contributed by atoms with Crippen molar-refractivity contribution in [2.24, 2.45) is 11.1 Å². The van der Waals surface area contributed by atoms with Gasteiger partial charge in [0.25, 0.3) is 0 Å². The predicted molar refractivity (Wildman–Crippen MR) is 57.8 cm³/mol. The first-order valence-corrected chi connectivity index (χ1v) is 4.89. The first kappa shape index (κ1) is 13.2. The van der Waals surface area contributed by atoms with Crippen molar-refractivity contribution >= 4 is 5.97 Å². The van der Waals surface area contributed by atoms with Crippen LogP contribution in [0.15, 0.2) is 12.7 Å². The number of nitrogens with two attached hydrogens (primary N) is 1. The molecule has 0 fully saturated rings. The first-order valence-electron chi connectivity index (χ1n) is 4.89. The summed E-state index contributed by atoms with van der Waals surface area (Å²) in [5.41, 5.74) is 5.71. The Morgan fingerprint density at radius 3 is 2.57 bits per heavy atom. The van der Waals surface area contributed by atoms with Gasteiger partial charge in [0, 0.05) is 6.04 Å². The van der Waals surface area contributed by atoms with Gasteiger partial charge in [0.2, 0.25) is 0 Å². The topological polar surface area (TPSA) is 52.3 Å². The Bertz CT molecular complexity index is 194. The minimum Gasteiger partial charge on any atom is -0.466 e. The van der Waals surface area contributed by atoms with Gasteiger partial charge in [-0.3, -0.25) is 4.79 Å². The maximum absolute atomic E-state index is 11.1. The molecule has 3 heteroatoms. The van der Waals surface area contributed by atoms with Gasteiger partial charge in [0.1, 0.15) is 0 Å². The number of carbonyl (C=O) groups is 1. The van der Waals surface area contributed by atoms with Gasteiger partial charge in [-0.1, -0.05) is 26.8 Å². The van der Waals surface area contributed by atoms with Crippen LogP contribution < -0.4 is 5.73 Å². The van der Waals surface area contributed by atoms with E-state index < -0.39 is 0 Å². The van der Waals surface area contributed by atoms with Gasteiger partial charge in [-0.25, -0.2) is 0 Å². The molecule has 0 amide bonds. The lowest BCUT2D eigenvalue weighted by atomic mass is 9.93. The molecule has 0 aromatic carbocycles. The Morgan fingerprint density at radius 1 is 1.57 bits per heavy atom. The van der Waals surface area contributed by atoms with Crippen molar-refractivity contribution in [1.29, 1.82) is 0 Å². The lowest BCUT2D eigenvalue weighted by Gasteiger charge is -2.17. The minimum absolute atomic E-state index is 0.195. The van der Waals surface area contributed by atoms with Crippen LogP contribution in [0.4, 0.5) is 0 Å². The zero-order valence-corrected chi connectivity index (χ0v) is 9.38. The molecule has 14 heavy (non-hydrogen) atoms. The van der Waals surface area contributed by atoms with Gasteiger partial charge in [-0.15, -0.1) is 6.58 Å². The molecule has 0 bridgehead atoms. The van der Waals surface area contributed by atoms with E-state index in [9.17, 15) is 4.79 Å². The van der Waals surface area contributed by atoms with E-state index in [0.717, 1.165) is 6.42 Å². The summed E-state index contributed by atoms with van der Waals surface area (Å²) in [5, 5.41) is 0. The summed E-state index contributed by atoms with van der Waals surface area (Å²) in [6, 6.07) is -0.294. The van der Waals surface area contributed by atoms with Crippen LogP contribution in [0.1, 0.15) is 33.6 Å². The third-order valence-corrected chi connectivity index (χ3v) is 1.82. The second kappa shape index (κ2) is 5.81. The number of rotatable bonds is 5. The fraction of sp³-hybridized carbons (Fsp3) is 0.727. The summed E-state index contributed by atoms with van der Waals surface area (Å²) < 4.78 is 5.02. The second-order valence-electron chi connectivity index (χ2n) is 4.63. The normalized spacial score (nSPS) is 13.4. The first-order chi connectivity index (χ1) is 6.35. The number of hydrogen-bond donors (Lipinski definition) is 1. The highest BCUT2D eigenvalue weighted by atomic mass is 16.5. The Balaban J connectivity index is 3.60. The summed E-state index contributed by atoms with van der Waals surface area (Å²) in [4.78, 5) is 11.1. The molecule has 2 N–H and O–H groups in total. The molecule has 82 valence electrons. The molecule has 0 aromatic rings. The lowest BCUT2D eigenvalue weighted by molar-refractivity contribution is -0.144. The van der Waals surface area contributed by atoms with Crippen LogP contribution in [0, 0.1) is 5.41 Å². The van der Waals surface area contributed by atoms with Gasteiger partial charge >= 0.3 is 5.97 Å². The van der Waals surface area contributed by atoms with E-state index in [-0.39, 0.29) is 23.8 Å². The van der Waals surface area contributed by atoms with Crippen molar-refractivity contribution in [3.63, 3.8) is 0 Å². The molecule has 0 saturated heterocycles. The molecule has 1 atom stereocenters. The van der Waals surface area contributed by atoms with Crippen LogP contribution in [0.2, 0.25) is 0 Å². The highest BCUT2D eigenvalue weighted by Crippen LogP contribution is 2.17. The molecule has 0 saturated carbocycles. The molecular weight excluding hydrogens is 178 g/mol. The van der Waals surface area contributed by atoms with E-state index in [4.69, 9.17) is 10.5 Å². The van der Waals surface area contributed by atoms with E-state index in [0.29, 0.717) is 6.61 Å². The van der Waals surface area contributed by atoms with Crippen molar-refractivity contribution in [3.8, 4) is 0 Å². The largest absolute Gasteiger partial charge is 0.466 e. The zero-order valence-electron chi connectivity index (χ0n) is 9.38. The highest BCUT2D eigenvalue weighted by Gasteiger charge is 2.12. The standard InChI is InChI=1S/C11H21NO2/c1-5-9(12)8-10(13)14-7-6-11(2,3)4/h5,9H,1,6-8,12H2,2-4H3. The Morgan fingerprint density at radius 2 is 2.14 bits per heavy atom. The fourth-order valence-electron chi connectivity index (χ4n) is 0.806. The average molecular weight is 199 g/mol. The van der Waals surface area contributed by atoms with Crippen LogP contribution in [0.3, 0.4) is 0 Å². The van der Waals surface area contributed by atoms with Crippen molar-refractivity contribution in [3.05, 3.63) is 12.7 Å². The lowest BCUT2D eigenvalue weighted by Crippen LogP contribution is -2.23. The molecule has 0 radical (unpaired) electrons. The Labute approximate surface area is 86.3 Å². The van der Waals surface area contributed by atoms with Crippen molar-refractivity contribution in [2.75, 3.05) is 6.61 Å². The number of ether oxygens (including phenoxy) is 1. The van der Waals surface area contributed by atoms with E-state index in [1.54, 1.807) is 6.08 Å². The molecule has 0 aromatic heterocycles. The summed E-state index contributed by atoms with van der Waals surface area (Å²) in [5.74, 6) is -0.248. The van der Waals surface area contributed by atoms with Crippen molar-refractivity contribution in [2.45, 2.75) is 39.7 Å². The monoisotopic (exact) mass is 199 g/mol. The smallest absolute Gasteiger partial charge is 0.307 e. The van der Waals surface area contributed by atoms with Gasteiger partial charge in [0.15, 0.2) is 0 Å². The van der Waals surface area contributed by atoms with Crippen LogP contribution in [0.25, 0.3) is 0 Å². The van der Waals surface area contributed by atoms with E-state index in [2.05, 4.69) is 27.4 Å². The third kappa shape index (κ3) is 7.80. The summed E-state index contributed by atoms with van der Waals surface area (Å²) in [6.07, 6.45) is 2.63. The molecule has 0 aliphatic carbocycles. The second-order valence-corrected chi connectivity index (χ2v) is 4.63. The van der Waals surface area contributed by atoms with Gasteiger partial charge in [-0.05, 0) is 11.8 Å². The molecule has 3 nitrogen and oxygen atoms in total. The van der Waals surface area contributed by atoms with E-state index in [1.165, 1.54) is 0 Å². The average Bonchev–Trinajstić information content (AvgIpc) is 2.01. The highest BCUT2D eigenvalue weighted by molar-refractivity contribution is 5.70. The molecule has 0 aliphatic heterocycles. The number of esters is 1. The molecule has 1 unspecified atom stereocenters. The molecule has 0 heterocycles. The Hall–Kier alpha value is -0.830.